The lowest BCUT2D eigenvalue weighted by atomic mass is 9.94. The average molecular weight is 321 g/mol. The monoisotopic (exact) mass is 321 g/mol. The van der Waals surface area contributed by atoms with Gasteiger partial charge in [0, 0.05) is 6.54 Å². The van der Waals surface area contributed by atoms with Gasteiger partial charge in [0.15, 0.2) is 0 Å². The van der Waals surface area contributed by atoms with Crippen molar-refractivity contribution in [2.45, 2.75) is 56.5 Å². The van der Waals surface area contributed by atoms with Crippen molar-refractivity contribution < 1.29 is 36.2 Å². The summed E-state index contributed by atoms with van der Waals surface area (Å²) in [7, 11) is 0. The molecule has 0 spiro atoms. The molecule has 1 aliphatic carbocycles. The number of halogens is 6. The van der Waals surface area contributed by atoms with Gasteiger partial charge in [-0.05, 0) is 12.8 Å². The fourth-order valence-corrected chi connectivity index (χ4v) is 2.40. The van der Waals surface area contributed by atoms with E-state index in [4.69, 9.17) is 0 Å². The Bertz CT molecular complexity index is 344. The Labute approximate surface area is 117 Å². The maximum absolute atomic E-state index is 12.3. The highest BCUT2D eigenvalue weighted by atomic mass is 19.4. The van der Waals surface area contributed by atoms with Gasteiger partial charge in [-0.25, -0.2) is 0 Å². The van der Waals surface area contributed by atoms with Gasteiger partial charge in [-0.2, -0.15) is 26.3 Å². The zero-order chi connectivity index (χ0) is 16.3. The Morgan fingerprint density at radius 1 is 1.00 bits per heavy atom. The maximum atomic E-state index is 12.3. The van der Waals surface area contributed by atoms with Gasteiger partial charge >= 0.3 is 12.4 Å². The van der Waals surface area contributed by atoms with Gasteiger partial charge in [0.1, 0.15) is 0 Å². The van der Waals surface area contributed by atoms with E-state index in [1.165, 1.54) is 0 Å². The van der Waals surface area contributed by atoms with E-state index in [0.717, 1.165) is 12.8 Å². The van der Waals surface area contributed by atoms with Crippen LogP contribution in [0.1, 0.15) is 38.5 Å². The fraction of sp³-hybridized carbons (Fsp3) is 0.917. The van der Waals surface area contributed by atoms with E-state index in [1.54, 1.807) is 5.32 Å². The van der Waals surface area contributed by atoms with Crippen LogP contribution < -0.4 is 5.32 Å². The van der Waals surface area contributed by atoms with Crippen LogP contribution in [0, 0.1) is 5.92 Å². The van der Waals surface area contributed by atoms with Gasteiger partial charge in [0.05, 0.1) is 5.60 Å². The average Bonchev–Trinajstić information content (AvgIpc) is 2.48. The number of hydrogen-bond acceptors (Lipinski definition) is 2. The zero-order valence-electron chi connectivity index (χ0n) is 11.2. The van der Waals surface area contributed by atoms with Crippen LogP contribution in [-0.4, -0.2) is 35.5 Å². The number of rotatable bonds is 3. The molecule has 0 unspecified atom stereocenters. The highest BCUT2D eigenvalue weighted by Gasteiger charge is 2.61. The number of carbonyl (C=O) groups is 1. The van der Waals surface area contributed by atoms with Crippen molar-refractivity contribution in [3.8, 4) is 0 Å². The van der Waals surface area contributed by atoms with Gasteiger partial charge in [0.2, 0.25) is 11.8 Å². The predicted molar refractivity (Wildman–Crippen MR) is 61.3 cm³/mol. The fourth-order valence-electron chi connectivity index (χ4n) is 2.40. The van der Waals surface area contributed by atoms with Gasteiger partial charge in [0.25, 0.3) is 0 Å². The number of hydrogen-bond donors (Lipinski definition) is 2. The summed E-state index contributed by atoms with van der Waals surface area (Å²) in [5, 5.41) is 11.7. The second kappa shape index (κ2) is 6.41. The quantitative estimate of drug-likeness (QED) is 0.620. The summed E-state index contributed by atoms with van der Waals surface area (Å²) >= 11 is 0. The molecule has 1 amide bonds. The molecule has 0 aromatic heterocycles. The van der Waals surface area contributed by atoms with Crippen molar-refractivity contribution in [2.24, 2.45) is 5.92 Å². The topological polar surface area (TPSA) is 49.3 Å². The third kappa shape index (κ3) is 5.37. The Kier molecular flexibility index (Phi) is 5.51. The number of amides is 1. The second-order valence-corrected chi connectivity index (χ2v) is 5.37. The molecule has 1 saturated carbocycles. The lowest BCUT2D eigenvalue weighted by molar-refractivity contribution is -0.274. The number of carbonyl (C=O) groups excluding carboxylic acids is 1. The molecule has 1 fully saturated rings. The SMILES string of the molecule is O=C(NCC1(O)CCCCCC1)C(C(F)(F)F)C(F)(F)F. The summed E-state index contributed by atoms with van der Waals surface area (Å²) in [6, 6.07) is 0. The van der Waals surface area contributed by atoms with E-state index < -0.39 is 36.3 Å². The van der Waals surface area contributed by atoms with Crippen LogP contribution in [0.25, 0.3) is 0 Å². The molecule has 0 bridgehead atoms. The summed E-state index contributed by atoms with van der Waals surface area (Å²) < 4.78 is 74.1. The van der Waals surface area contributed by atoms with E-state index in [2.05, 4.69) is 0 Å². The molecule has 0 atom stereocenters. The van der Waals surface area contributed by atoms with E-state index >= 15 is 0 Å². The first-order chi connectivity index (χ1) is 9.46. The summed E-state index contributed by atoms with van der Waals surface area (Å²) in [4.78, 5) is 11.2. The summed E-state index contributed by atoms with van der Waals surface area (Å²) in [6.07, 6.45) is -8.02. The summed E-state index contributed by atoms with van der Waals surface area (Å²) in [5.41, 5.74) is -1.44. The van der Waals surface area contributed by atoms with E-state index in [1.807, 2.05) is 0 Å². The van der Waals surface area contributed by atoms with Gasteiger partial charge < -0.3 is 10.4 Å². The number of alkyl halides is 6. The van der Waals surface area contributed by atoms with Gasteiger partial charge in [-0.3, -0.25) is 4.79 Å². The third-order valence-electron chi connectivity index (χ3n) is 3.54. The van der Waals surface area contributed by atoms with Crippen LogP contribution in [0.4, 0.5) is 26.3 Å². The van der Waals surface area contributed by atoms with Gasteiger partial charge in [-0.1, -0.05) is 25.7 Å². The molecule has 1 aliphatic rings. The molecule has 21 heavy (non-hydrogen) atoms. The highest BCUT2D eigenvalue weighted by Crippen LogP contribution is 2.39. The van der Waals surface area contributed by atoms with Crippen LogP contribution in [0.2, 0.25) is 0 Å². The molecule has 0 aromatic rings. The van der Waals surface area contributed by atoms with Crippen LogP contribution in [0.15, 0.2) is 0 Å². The van der Waals surface area contributed by atoms with Crippen molar-refractivity contribution >= 4 is 5.91 Å². The second-order valence-electron chi connectivity index (χ2n) is 5.37. The molecule has 9 heteroatoms. The molecule has 0 radical (unpaired) electrons. The Balaban J connectivity index is 2.70. The molecule has 3 nitrogen and oxygen atoms in total. The number of aliphatic hydroxyl groups is 1. The van der Waals surface area contributed by atoms with Crippen LogP contribution in [0.3, 0.4) is 0 Å². The third-order valence-corrected chi connectivity index (χ3v) is 3.54. The minimum Gasteiger partial charge on any atom is -0.388 e. The molecule has 0 saturated heterocycles. The molecule has 2 N–H and O–H groups in total. The molecule has 0 aromatic carbocycles. The van der Waals surface area contributed by atoms with E-state index in [9.17, 15) is 36.2 Å². The smallest absolute Gasteiger partial charge is 0.388 e. The van der Waals surface area contributed by atoms with E-state index in [-0.39, 0.29) is 12.8 Å². The van der Waals surface area contributed by atoms with Crippen molar-refractivity contribution in [2.75, 3.05) is 6.54 Å². The largest absolute Gasteiger partial charge is 0.409 e. The Morgan fingerprint density at radius 2 is 1.43 bits per heavy atom. The molecule has 1 rings (SSSR count). The molecular weight excluding hydrogens is 304 g/mol. The van der Waals surface area contributed by atoms with Crippen LogP contribution >= 0.6 is 0 Å². The minimum atomic E-state index is -5.71. The Morgan fingerprint density at radius 3 is 1.81 bits per heavy atom. The highest BCUT2D eigenvalue weighted by molar-refractivity contribution is 5.80. The summed E-state index contributed by atoms with van der Waals surface area (Å²) in [6.45, 7) is -0.603. The first kappa shape index (κ1) is 18.1. The minimum absolute atomic E-state index is 0.246. The zero-order valence-corrected chi connectivity index (χ0v) is 11.2. The normalized spacial score (nSPS) is 20.2. The first-order valence-electron chi connectivity index (χ1n) is 6.59. The van der Waals surface area contributed by atoms with Crippen molar-refractivity contribution in [3.63, 3.8) is 0 Å². The maximum Gasteiger partial charge on any atom is 0.409 e. The first-order valence-corrected chi connectivity index (χ1v) is 6.59. The van der Waals surface area contributed by atoms with Crippen molar-refractivity contribution in [1.29, 1.82) is 0 Å². The molecule has 124 valence electrons. The van der Waals surface area contributed by atoms with Crippen LogP contribution in [0.5, 0.6) is 0 Å². The lowest BCUT2D eigenvalue weighted by Gasteiger charge is -2.29. The predicted octanol–water partition coefficient (Wildman–Crippen LogP) is 2.93. The molecular formula is C12H17F6NO2. The molecule has 0 aliphatic heterocycles. The van der Waals surface area contributed by atoms with Crippen molar-refractivity contribution in [3.05, 3.63) is 0 Å². The summed E-state index contributed by atoms with van der Waals surface area (Å²) in [5.74, 6) is -6.24. The Hall–Kier alpha value is -0.990. The number of nitrogens with one attached hydrogen (secondary N) is 1. The molecule has 0 heterocycles. The van der Waals surface area contributed by atoms with Crippen molar-refractivity contribution in [1.82, 2.24) is 5.32 Å². The standard InChI is InChI=1S/C12H17F6NO2/c13-11(14,15)8(12(16,17)18)9(20)19-7-10(21)5-3-1-2-4-6-10/h8,21H,1-7H2,(H,19,20). The van der Waals surface area contributed by atoms with Crippen LogP contribution in [-0.2, 0) is 4.79 Å². The lowest BCUT2D eigenvalue weighted by Crippen LogP contribution is -2.51. The van der Waals surface area contributed by atoms with Gasteiger partial charge in [-0.15, -0.1) is 0 Å². The van der Waals surface area contributed by atoms with E-state index in [0.29, 0.717) is 12.8 Å².